The first-order chi connectivity index (χ1) is 6.09. The van der Waals surface area contributed by atoms with E-state index in [1.165, 1.54) is 7.05 Å². The van der Waals surface area contributed by atoms with Crippen molar-refractivity contribution in [2.24, 2.45) is 0 Å². The molecule has 1 rings (SSSR count). The maximum absolute atomic E-state index is 12.5. The standard InChI is InChI=1S/C7H8F3N3/c1-13(3-5(8)9)7-2-6(10)11-4-12-7/h2,4-5H,3H2,1H3. The van der Waals surface area contributed by atoms with E-state index in [2.05, 4.69) is 9.97 Å². The molecule has 0 bridgehead atoms. The Morgan fingerprint density at radius 2 is 2.15 bits per heavy atom. The Labute approximate surface area is 73.2 Å². The van der Waals surface area contributed by atoms with E-state index in [0.717, 1.165) is 17.3 Å². The fourth-order valence-electron chi connectivity index (χ4n) is 0.834. The van der Waals surface area contributed by atoms with Crippen LogP contribution in [0.2, 0.25) is 0 Å². The van der Waals surface area contributed by atoms with Gasteiger partial charge in [0.2, 0.25) is 5.95 Å². The van der Waals surface area contributed by atoms with Gasteiger partial charge in [0, 0.05) is 13.1 Å². The molecule has 0 fully saturated rings. The summed E-state index contributed by atoms with van der Waals surface area (Å²) in [5.74, 6) is -0.584. The van der Waals surface area contributed by atoms with Gasteiger partial charge in [-0.1, -0.05) is 0 Å². The molecule has 0 amide bonds. The average Bonchev–Trinajstić information content (AvgIpc) is 2.03. The number of aromatic nitrogens is 2. The Balaban J connectivity index is 2.71. The van der Waals surface area contributed by atoms with Gasteiger partial charge in [-0.3, -0.25) is 0 Å². The number of hydrogen-bond donors (Lipinski definition) is 0. The molecule has 13 heavy (non-hydrogen) atoms. The summed E-state index contributed by atoms with van der Waals surface area (Å²) >= 11 is 0. The summed E-state index contributed by atoms with van der Waals surface area (Å²) < 4.78 is 36.3. The molecule has 72 valence electrons. The third-order valence-electron chi connectivity index (χ3n) is 1.42. The van der Waals surface area contributed by atoms with E-state index in [0.29, 0.717) is 0 Å². The highest BCUT2D eigenvalue weighted by atomic mass is 19.3. The zero-order chi connectivity index (χ0) is 9.84. The van der Waals surface area contributed by atoms with Gasteiger partial charge < -0.3 is 4.90 Å². The van der Waals surface area contributed by atoms with Crippen LogP contribution in [0.5, 0.6) is 0 Å². The third-order valence-corrected chi connectivity index (χ3v) is 1.42. The highest BCUT2D eigenvalue weighted by molar-refractivity contribution is 5.35. The van der Waals surface area contributed by atoms with E-state index in [9.17, 15) is 13.2 Å². The fourth-order valence-corrected chi connectivity index (χ4v) is 0.834. The molecule has 0 aliphatic rings. The first-order valence-corrected chi connectivity index (χ1v) is 3.56. The van der Waals surface area contributed by atoms with Crippen LogP contribution in [0, 0.1) is 5.95 Å². The number of alkyl halides is 2. The first-order valence-electron chi connectivity index (χ1n) is 3.56. The number of hydrogen-bond acceptors (Lipinski definition) is 3. The van der Waals surface area contributed by atoms with Crippen molar-refractivity contribution in [3.8, 4) is 0 Å². The number of rotatable bonds is 3. The minimum atomic E-state index is -2.47. The molecule has 1 aromatic rings. The predicted molar refractivity (Wildman–Crippen MR) is 41.3 cm³/mol. The van der Waals surface area contributed by atoms with Gasteiger partial charge in [0.25, 0.3) is 6.43 Å². The zero-order valence-electron chi connectivity index (χ0n) is 6.91. The van der Waals surface area contributed by atoms with Crippen molar-refractivity contribution in [3.05, 3.63) is 18.3 Å². The van der Waals surface area contributed by atoms with Gasteiger partial charge >= 0.3 is 0 Å². The quantitative estimate of drug-likeness (QED) is 0.674. The molecule has 0 aromatic carbocycles. The number of nitrogens with zero attached hydrogens (tertiary/aromatic N) is 3. The Kier molecular flexibility index (Phi) is 3.05. The minimum absolute atomic E-state index is 0.146. The lowest BCUT2D eigenvalue weighted by atomic mass is 10.5. The maximum Gasteiger partial charge on any atom is 0.255 e. The van der Waals surface area contributed by atoms with Gasteiger partial charge in [-0.05, 0) is 0 Å². The molecule has 0 aliphatic heterocycles. The predicted octanol–water partition coefficient (Wildman–Crippen LogP) is 1.32. The maximum atomic E-state index is 12.5. The lowest BCUT2D eigenvalue weighted by molar-refractivity contribution is 0.156. The van der Waals surface area contributed by atoms with E-state index in [1.807, 2.05) is 0 Å². The van der Waals surface area contributed by atoms with Crippen LogP contribution >= 0.6 is 0 Å². The van der Waals surface area contributed by atoms with Gasteiger partial charge in [-0.2, -0.15) is 4.39 Å². The van der Waals surface area contributed by atoms with Crippen molar-refractivity contribution in [1.29, 1.82) is 0 Å². The van der Waals surface area contributed by atoms with Crippen LogP contribution in [0.1, 0.15) is 0 Å². The Hall–Kier alpha value is -1.33. The van der Waals surface area contributed by atoms with Gasteiger partial charge in [0.05, 0.1) is 6.54 Å². The number of halogens is 3. The van der Waals surface area contributed by atoms with Gasteiger partial charge in [0.1, 0.15) is 12.1 Å². The molecular formula is C7H8F3N3. The van der Waals surface area contributed by atoms with E-state index < -0.39 is 18.9 Å². The smallest absolute Gasteiger partial charge is 0.255 e. The monoisotopic (exact) mass is 191 g/mol. The molecule has 0 saturated carbocycles. The van der Waals surface area contributed by atoms with Crippen LogP contribution in [0.15, 0.2) is 12.4 Å². The molecule has 0 saturated heterocycles. The van der Waals surface area contributed by atoms with Crippen molar-refractivity contribution >= 4 is 5.82 Å². The fraction of sp³-hybridized carbons (Fsp3) is 0.429. The van der Waals surface area contributed by atoms with Crippen LogP contribution in [0.3, 0.4) is 0 Å². The minimum Gasteiger partial charge on any atom is -0.354 e. The van der Waals surface area contributed by atoms with Gasteiger partial charge in [-0.15, -0.1) is 0 Å². The Morgan fingerprint density at radius 1 is 1.46 bits per heavy atom. The molecule has 0 aliphatic carbocycles. The van der Waals surface area contributed by atoms with Crippen molar-refractivity contribution in [2.45, 2.75) is 6.43 Å². The summed E-state index contributed by atoms with van der Waals surface area (Å²) in [6.07, 6.45) is -1.48. The Morgan fingerprint density at radius 3 is 2.69 bits per heavy atom. The summed E-state index contributed by atoms with van der Waals surface area (Å²) in [6, 6.07) is 1.00. The van der Waals surface area contributed by atoms with Crippen LogP contribution in [-0.2, 0) is 0 Å². The molecule has 1 aromatic heterocycles. The summed E-state index contributed by atoms with van der Waals surface area (Å²) in [4.78, 5) is 8.01. The second-order valence-electron chi connectivity index (χ2n) is 2.47. The second kappa shape index (κ2) is 4.06. The highest BCUT2D eigenvalue weighted by Crippen LogP contribution is 2.09. The van der Waals surface area contributed by atoms with E-state index in [-0.39, 0.29) is 5.82 Å². The summed E-state index contributed by atoms with van der Waals surface area (Å²) in [6.45, 7) is -0.476. The average molecular weight is 191 g/mol. The summed E-state index contributed by atoms with van der Waals surface area (Å²) in [7, 11) is 1.41. The van der Waals surface area contributed by atoms with Crippen LogP contribution < -0.4 is 4.90 Å². The van der Waals surface area contributed by atoms with Crippen LogP contribution in [0.4, 0.5) is 19.0 Å². The van der Waals surface area contributed by atoms with Crippen LogP contribution in [-0.4, -0.2) is 30.0 Å². The second-order valence-corrected chi connectivity index (χ2v) is 2.47. The van der Waals surface area contributed by atoms with E-state index >= 15 is 0 Å². The molecule has 0 atom stereocenters. The van der Waals surface area contributed by atoms with E-state index in [4.69, 9.17) is 0 Å². The van der Waals surface area contributed by atoms with Crippen LogP contribution in [0.25, 0.3) is 0 Å². The first kappa shape index (κ1) is 9.76. The molecule has 6 heteroatoms. The molecule has 0 radical (unpaired) electrons. The van der Waals surface area contributed by atoms with Crippen molar-refractivity contribution < 1.29 is 13.2 Å². The zero-order valence-corrected chi connectivity index (χ0v) is 6.91. The SMILES string of the molecule is CN(CC(F)F)c1cc(F)ncn1. The topological polar surface area (TPSA) is 29.0 Å². The molecule has 0 spiro atoms. The summed E-state index contributed by atoms with van der Waals surface area (Å²) in [5.41, 5.74) is 0. The highest BCUT2D eigenvalue weighted by Gasteiger charge is 2.09. The normalized spacial score (nSPS) is 10.5. The third kappa shape index (κ3) is 2.89. The molecule has 0 N–H and O–H groups in total. The summed E-state index contributed by atoms with van der Waals surface area (Å²) in [5, 5.41) is 0. The van der Waals surface area contributed by atoms with Crippen molar-refractivity contribution in [1.82, 2.24) is 9.97 Å². The number of anilines is 1. The Bertz CT molecular complexity index is 279. The van der Waals surface area contributed by atoms with Gasteiger partial charge in [-0.25, -0.2) is 18.7 Å². The lowest BCUT2D eigenvalue weighted by Gasteiger charge is -2.16. The molecule has 3 nitrogen and oxygen atoms in total. The molecular weight excluding hydrogens is 183 g/mol. The lowest BCUT2D eigenvalue weighted by Crippen LogP contribution is -2.25. The van der Waals surface area contributed by atoms with E-state index in [1.54, 1.807) is 0 Å². The molecule has 1 heterocycles. The van der Waals surface area contributed by atoms with Gasteiger partial charge in [0.15, 0.2) is 0 Å². The molecule has 0 unspecified atom stereocenters. The van der Waals surface area contributed by atoms with Crippen molar-refractivity contribution in [2.75, 3.05) is 18.5 Å². The largest absolute Gasteiger partial charge is 0.354 e. The van der Waals surface area contributed by atoms with Crippen molar-refractivity contribution in [3.63, 3.8) is 0 Å².